The number of nitrogens with zero attached hydrogens (tertiary/aromatic N) is 1. The summed E-state index contributed by atoms with van der Waals surface area (Å²) in [5.41, 5.74) is 0. The molecule has 0 aromatic carbocycles. The molecule has 0 radical (unpaired) electrons. The predicted octanol–water partition coefficient (Wildman–Crippen LogP) is 1.09. The molecule has 0 aromatic rings. The first-order valence-corrected chi connectivity index (χ1v) is 3.58. The summed E-state index contributed by atoms with van der Waals surface area (Å²) in [4.78, 5) is 12.6. The van der Waals surface area contributed by atoms with Crippen LogP contribution in [0, 0.1) is 0 Å². The van der Waals surface area contributed by atoms with E-state index in [1.54, 1.807) is 0 Å². The molecule has 0 spiro atoms. The molecule has 1 rings (SSSR count). The van der Waals surface area contributed by atoms with Gasteiger partial charge in [0.1, 0.15) is 6.29 Å². The highest BCUT2D eigenvalue weighted by molar-refractivity contribution is 5.85. The summed E-state index contributed by atoms with van der Waals surface area (Å²) in [6.07, 6.45) is 3.32. The molecule has 2 nitrogen and oxygen atoms in total. The number of hydrogen-bond acceptors (Lipinski definition) is 2. The maximum Gasteiger partial charge on any atom is 0.137 e. The van der Waals surface area contributed by atoms with Gasteiger partial charge in [-0.15, -0.1) is 12.4 Å². The van der Waals surface area contributed by atoms with Crippen LogP contribution in [-0.4, -0.2) is 30.3 Å². The van der Waals surface area contributed by atoms with E-state index in [-0.39, 0.29) is 18.4 Å². The van der Waals surface area contributed by atoms with Gasteiger partial charge in [0, 0.05) is 0 Å². The fraction of sp³-hybridized carbons (Fsp3) is 0.857. The van der Waals surface area contributed by atoms with Crippen molar-refractivity contribution in [3.05, 3.63) is 0 Å². The van der Waals surface area contributed by atoms with Gasteiger partial charge in [-0.25, -0.2) is 0 Å². The van der Waals surface area contributed by atoms with Gasteiger partial charge in [-0.2, -0.15) is 0 Å². The Hall–Kier alpha value is -0.0800. The van der Waals surface area contributed by atoms with E-state index in [1.807, 2.05) is 0 Å². The zero-order valence-corrected chi connectivity index (χ0v) is 7.06. The van der Waals surface area contributed by atoms with Gasteiger partial charge >= 0.3 is 0 Å². The highest BCUT2D eigenvalue weighted by atomic mass is 35.5. The van der Waals surface area contributed by atoms with E-state index >= 15 is 0 Å². The molecule has 10 heavy (non-hydrogen) atoms. The molecule has 0 aromatic heterocycles. The molecule has 1 aliphatic rings. The van der Waals surface area contributed by atoms with Crippen LogP contribution in [0.4, 0.5) is 0 Å². The van der Waals surface area contributed by atoms with Crippen molar-refractivity contribution in [3.8, 4) is 0 Å². The quantitative estimate of drug-likeness (QED) is 0.569. The third kappa shape index (κ3) is 1.96. The molecule has 1 atom stereocenters. The van der Waals surface area contributed by atoms with E-state index in [0.717, 1.165) is 25.8 Å². The smallest absolute Gasteiger partial charge is 0.137 e. The third-order valence-corrected chi connectivity index (χ3v) is 1.98. The maximum absolute atomic E-state index is 10.3. The lowest BCUT2D eigenvalue weighted by molar-refractivity contribution is -0.111. The summed E-state index contributed by atoms with van der Waals surface area (Å²) in [6.45, 7) is 4.23. The number of rotatable bonds is 2. The molecule has 0 saturated carbocycles. The minimum atomic E-state index is 0. The van der Waals surface area contributed by atoms with Gasteiger partial charge in [0.15, 0.2) is 0 Å². The minimum Gasteiger partial charge on any atom is -0.302 e. The Morgan fingerprint density at radius 2 is 2.40 bits per heavy atom. The van der Waals surface area contributed by atoms with E-state index < -0.39 is 0 Å². The fourth-order valence-corrected chi connectivity index (χ4v) is 1.40. The Balaban J connectivity index is 0.000000810. The van der Waals surface area contributed by atoms with Gasteiger partial charge in [-0.3, -0.25) is 4.90 Å². The van der Waals surface area contributed by atoms with Gasteiger partial charge < -0.3 is 4.79 Å². The average Bonchev–Trinajstić information content (AvgIpc) is 2.33. The molecule has 0 amide bonds. The lowest BCUT2D eigenvalue weighted by atomic mass is 10.2. The third-order valence-electron chi connectivity index (χ3n) is 1.98. The standard InChI is InChI=1S/C7H13NO.ClH/c1-2-8-5-3-4-7(8)6-9;/h6-7H,2-5H2,1H3;1H/t7-;/m0./s1. The van der Waals surface area contributed by atoms with Gasteiger partial charge in [0.25, 0.3) is 0 Å². The molecule has 1 aliphatic heterocycles. The maximum atomic E-state index is 10.3. The van der Waals surface area contributed by atoms with E-state index in [2.05, 4.69) is 11.8 Å². The van der Waals surface area contributed by atoms with Crippen LogP contribution in [0.2, 0.25) is 0 Å². The van der Waals surface area contributed by atoms with Crippen LogP contribution in [0.3, 0.4) is 0 Å². The number of aldehydes is 1. The monoisotopic (exact) mass is 163 g/mol. The number of carbonyl (C=O) groups is 1. The largest absolute Gasteiger partial charge is 0.302 e. The van der Waals surface area contributed by atoms with Gasteiger partial charge in [-0.05, 0) is 25.9 Å². The molecule has 0 unspecified atom stereocenters. The summed E-state index contributed by atoms with van der Waals surface area (Å²) in [5, 5.41) is 0. The second kappa shape index (κ2) is 4.69. The summed E-state index contributed by atoms with van der Waals surface area (Å²) in [5.74, 6) is 0. The van der Waals surface area contributed by atoms with Crippen molar-refractivity contribution in [1.29, 1.82) is 0 Å². The highest BCUT2D eigenvalue weighted by Gasteiger charge is 2.21. The lowest BCUT2D eigenvalue weighted by Crippen LogP contribution is -2.29. The van der Waals surface area contributed by atoms with E-state index in [4.69, 9.17) is 0 Å². The van der Waals surface area contributed by atoms with Crippen molar-refractivity contribution < 1.29 is 4.79 Å². The van der Waals surface area contributed by atoms with Crippen LogP contribution in [0.15, 0.2) is 0 Å². The van der Waals surface area contributed by atoms with Gasteiger partial charge in [0.05, 0.1) is 6.04 Å². The summed E-state index contributed by atoms with van der Waals surface area (Å²) < 4.78 is 0. The van der Waals surface area contributed by atoms with Crippen LogP contribution in [-0.2, 0) is 4.79 Å². The predicted molar refractivity (Wildman–Crippen MR) is 43.6 cm³/mol. The Labute approximate surface area is 68.0 Å². The number of carbonyl (C=O) groups excluding carboxylic acids is 1. The Morgan fingerprint density at radius 3 is 2.80 bits per heavy atom. The zero-order valence-electron chi connectivity index (χ0n) is 6.25. The summed E-state index contributed by atoms with van der Waals surface area (Å²) in [7, 11) is 0. The van der Waals surface area contributed by atoms with E-state index in [0.29, 0.717) is 0 Å². The molecule has 1 heterocycles. The van der Waals surface area contributed by atoms with Crippen molar-refractivity contribution >= 4 is 18.7 Å². The first-order valence-electron chi connectivity index (χ1n) is 3.58. The molecule has 0 N–H and O–H groups in total. The number of likely N-dealkylation sites (tertiary alicyclic amines) is 1. The molecular formula is C7H14ClNO. The minimum absolute atomic E-state index is 0. The molecule has 1 saturated heterocycles. The SMILES string of the molecule is CCN1CCC[C@H]1C=O.Cl. The molecule has 60 valence electrons. The first kappa shape index (κ1) is 9.92. The van der Waals surface area contributed by atoms with Gasteiger partial charge in [0.2, 0.25) is 0 Å². The topological polar surface area (TPSA) is 20.3 Å². The van der Waals surface area contributed by atoms with Crippen molar-refractivity contribution in [2.45, 2.75) is 25.8 Å². The van der Waals surface area contributed by atoms with E-state index in [1.165, 1.54) is 6.42 Å². The van der Waals surface area contributed by atoms with E-state index in [9.17, 15) is 4.79 Å². The van der Waals surface area contributed by atoms with Crippen LogP contribution in [0.25, 0.3) is 0 Å². The Bertz CT molecular complexity index is 108. The van der Waals surface area contributed by atoms with Crippen LogP contribution >= 0.6 is 12.4 Å². The molecule has 0 bridgehead atoms. The number of likely N-dealkylation sites (N-methyl/N-ethyl adjacent to an activating group) is 1. The second-order valence-electron chi connectivity index (χ2n) is 2.47. The Morgan fingerprint density at radius 1 is 1.70 bits per heavy atom. The first-order chi connectivity index (χ1) is 4.38. The molecule has 0 aliphatic carbocycles. The molecule has 1 fully saturated rings. The molecule has 3 heteroatoms. The van der Waals surface area contributed by atoms with Crippen LogP contribution in [0.5, 0.6) is 0 Å². The van der Waals surface area contributed by atoms with Crippen LogP contribution < -0.4 is 0 Å². The number of hydrogen-bond donors (Lipinski definition) is 0. The van der Waals surface area contributed by atoms with Crippen molar-refractivity contribution in [2.75, 3.05) is 13.1 Å². The van der Waals surface area contributed by atoms with Crippen LogP contribution in [0.1, 0.15) is 19.8 Å². The molecular weight excluding hydrogens is 150 g/mol. The van der Waals surface area contributed by atoms with Crippen molar-refractivity contribution in [1.82, 2.24) is 4.90 Å². The highest BCUT2D eigenvalue weighted by Crippen LogP contribution is 2.13. The van der Waals surface area contributed by atoms with Gasteiger partial charge in [-0.1, -0.05) is 6.92 Å². The van der Waals surface area contributed by atoms with Crippen molar-refractivity contribution in [3.63, 3.8) is 0 Å². The Kier molecular flexibility index (Phi) is 4.65. The lowest BCUT2D eigenvalue weighted by Gasteiger charge is -2.16. The average molecular weight is 164 g/mol. The fourth-order valence-electron chi connectivity index (χ4n) is 1.40. The zero-order chi connectivity index (χ0) is 6.69. The van der Waals surface area contributed by atoms with Crippen molar-refractivity contribution in [2.24, 2.45) is 0 Å². The summed E-state index contributed by atoms with van der Waals surface area (Å²) in [6, 6.07) is 0.231. The number of halogens is 1. The second-order valence-corrected chi connectivity index (χ2v) is 2.47. The summed E-state index contributed by atoms with van der Waals surface area (Å²) >= 11 is 0. The normalized spacial score (nSPS) is 25.9.